The van der Waals surface area contributed by atoms with E-state index in [1.165, 1.54) is 17.0 Å². The molecule has 0 radical (unpaired) electrons. The lowest BCUT2D eigenvalue weighted by molar-refractivity contribution is -0.139. The second kappa shape index (κ2) is 9.54. The van der Waals surface area contributed by atoms with Crippen LogP contribution in [-0.4, -0.2) is 45.4 Å². The molecule has 1 aromatic heterocycles. The zero-order valence-corrected chi connectivity index (χ0v) is 21.0. The number of Topliss-reactive ketones (excluding diaryl/α,β-unsaturated/α-hetero) is 1. The molecular weight excluding hydrogens is 524 g/mol. The van der Waals surface area contributed by atoms with E-state index in [1.807, 2.05) is 24.4 Å². The SMILES string of the molecule is COc1ccc2[nH]cc(CCN3C(=O)C(=O)C(=C(O)c4ccc(Br)cc4)[C@H]3c3cccc(O)c3)c2c1. The molecule has 4 aromatic rings. The summed E-state index contributed by atoms with van der Waals surface area (Å²) in [6, 6.07) is 18.1. The van der Waals surface area contributed by atoms with Gasteiger partial charge in [0.2, 0.25) is 0 Å². The van der Waals surface area contributed by atoms with Crippen molar-refractivity contribution >= 4 is 44.3 Å². The molecule has 1 aliphatic heterocycles. The topological polar surface area (TPSA) is 103 Å². The lowest BCUT2D eigenvalue weighted by atomic mass is 9.95. The summed E-state index contributed by atoms with van der Waals surface area (Å²) in [5, 5.41) is 22.2. The number of carbonyl (C=O) groups excluding carboxylic acids is 2. The Labute approximate surface area is 215 Å². The van der Waals surface area contributed by atoms with Crippen LogP contribution in [0.3, 0.4) is 0 Å². The van der Waals surface area contributed by atoms with Gasteiger partial charge in [-0.05, 0) is 60.0 Å². The number of ketones is 1. The summed E-state index contributed by atoms with van der Waals surface area (Å²) in [5.74, 6) is -0.985. The molecule has 1 saturated heterocycles. The summed E-state index contributed by atoms with van der Waals surface area (Å²) >= 11 is 3.37. The summed E-state index contributed by atoms with van der Waals surface area (Å²) < 4.78 is 6.17. The van der Waals surface area contributed by atoms with Gasteiger partial charge < -0.3 is 24.8 Å². The van der Waals surface area contributed by atoms with E-state index in [0.717, 1.165) is 26.7 Å². The molecule has 0 saturated carbocycles. The number of rotatable bonds is 6. The largest absolute Gasteiger partial charge is 0.508 e. The first-order valence-electron chi connectivity index (χ1n) is 11.3. The summed E-state index contributed by atoms with van der Waals surface area (Å²) in [6.45, 7) is 0.228. The summed E-state index contributed by atoms with van der Waals surface area (Å²) in [7, 11) is 1.60. The van der Waals surface area contributed by atoms with Gasteiger partial charge in [-0.3, -0.25) is 9.59 Å². The van der Waals surface area contributed by atoms with Crippen molar-refractivity contribution in [1.29, 1.82) is 0 Å². The number of amides is 1. The smallest absolute Gasteiger partial charge is 0.295 e. The normalized spacial score (nSPS) is 17.2. The van der Waals surface area contributed by atoms with Gasteiger partial charge in [0, 0.05) is 33.7 Å². The predicted molar refractivity (Wildman–Crippen MR) is 140 cm³/mol. The van der Waals surface area contributed by atoms with Crippen molar-refractivity contribution in [3.8, 4) is 11.5 Å². The molecule has 0 unspecified atom stereocenters. The zero-order chi connectivity index (χ0) is 25.4. The van der Waals surface area contributed by atoms with Crippen LogP contribution in [0.15, 0.2) is 83.0 Å². The van der Waals surface area contributed by atoms with E-state index < -0.39 is 17.7 Å². The third-order valence-corrected chi connectivity index (χ3v) is 6.97. The fraction of sp³-hybridized carbons (Fsp3) is 0.143. The molecule has 0 spiro atoms. The summed E-state index contributed by atoms with van der Waals surface area (Å²) in [6.07, 6.45) is 2.35. The van der Waals surface area contributed by atoms with Crippen LogP contribution in [0.5, 0.6) is 11.5 Å². The Morgan fingerprint density at radius 2 is 1.86 bits per heavy atom. The van der Waals surface area contributed by atoms with E-state index in [2.05, 4.69) is 20.9 Å². The number of carbonyl (C=O) groups is 2. The number of nitrogens with one attached hydrogen (secondary N) is 1. The van der Waals surface area contributed by atoms with Crippen molar-refractivity contribution in [2.75, 3.05) is 13.7 Å². The predicted octanol–water partition coefficient (Wildman–Crippen LogP) is 5.31. The molecule has 36 heavy (non-hydrogen) atoms. The van der Waals surface area contributed by atoms with Crippen LogP contribution in [0, 0.1) is 0 Å². The number of hydrogen-bond donors (Lipinski definition) is 3. The van der Waals surface area contributed by atoms with Crippen LogP contribution in [0.25, 0.3) is 16.7 Å². The van der Waals surface area contributed by atoms with Crippen LogP contribution in [-0.2, 0) is 16.0 Å². The molecule has 1 fully saturated rings. The molecule has 1 amide bonds. The second-order valence-electron chi connectivity index (χ2n) is 8.57. The number of phenolic OH excluding ortho intramolecular Hbond substituents is 1. The molecule has 0 bridgehead atoms. The lowest BCUT2D eigenvalue weighted by Crippen LogP contribution is -2.31. The van der Waals surface area contributed by atoms with E-state index in [1.54, 1.807) is 43.5 Å². The van der Waals surface area contributed by atoms with Gasteiger partial charge in [0.15, 0.2) is 0 Å². The second-order valence-corrected chi connectivity index (χ2v) is 9.49. The first-order valence-corrected chi connectivity index (χ1v) is 12.1. The fourth-order valence-corrected chi connectivity index (χ4v) is 4.91. The monoisotopic (exact) mass is 546 g/mol. The van der Waals surface area contributed by atoms with Gasteiger partial charge in [-0.1, -0.05) is 40.2 Å². The Kier molecular flexibility index (Phi) is 6.28. The maximum atomic E-state index is 13.2. The number of phenols is 1. The van der Waals surface area contributed by atoms with Crippen LogP contribution in [0.1, 0.15) is 22.7 Å². The first-order chi connectivity index (χ1) is 17.4. The molecule has 3 aromatic carbocycles. The number of aliphatic hydroxyl groups excluding tert-OH is 1. The number of halogens is 1. The highest BCUT2D eigenvalue weighted by molar-refractivity contribution is 9.10. The van der Waals surface area contributed by atoms with Crippen molar-refractivity contribution in [3.05, 3.63) is 99.7 Å². The van der Waals surface area contributed by atoms with Crippen molar-refractivity contribution < 1.29 is 24.5 Å². The van der Waals surface area contributed by atoms with Crippen molar-refractivity contribution in [2.45, 2.75) is 12.5 Å². The molecule has 2 heterocycles. The Hall–Kier alpha value is -4.04. The van der Waals surface area contributed by atoms with Crippen molar-refractivity contribution in [3.63, 3.8) is 0 Å². The standard InChI is InChI=1S/C28H23BrN2O5/c1-36-21-9-10-23-22(14-21)18(15-30-23)11-12-31-25(17-3-2-4-20(32)13-17)24(27(34)28(31)35)26(33)16-5-7-19(29)8-6-16/h2-10,13-15,25,30,32-33H,11-12H2,1H3/t25-/m1/s1. The molecule has 182 valence electrons. The number of ether oxygens (including phenoxy) is 1. The van der Waals surface area contributed by atoms with Gasteiger partial charge >= 0.3 is 0 Å². The highest BCUT2D eigenvalue weighted by atomic mass is 79.9. The number of methoxy groups -OCH3 is 1. The molecule has 8 heteroatoms. The highest BCUT2D eigenvalue weighted by Crippen LogP contribution is 2.40. The Balaban J connectivity index is 1.56. The van der Waals surface area contributed by atoms with Gasteiger partial charge in [0.05, 0.1) is 18.7 Å². The minimum absolute atomic E-state index is 0.00505. The Bertz CT molecular complexity index is 1510. The molecular formula is C28H23BrN2O5. The zero-order valence-electron chi connectivity index (χ0n) is 19.4. The summed E-state index contributed by atoms with van der Waals surface area (Å²) in [4.78, 5) is 31.1. The third kappa shape index (κ3) is 4.24. The third-order valence-electron chi connectivity index (χ3n) is 6.44. The number of aromatic hydroxyl groups is 1. The van der Waals surface area contributed by atoms with Gasteiger partial charge in [-0.25, -0.2) is 0 Å². The molecule has 7 nitrogen and oxygen atoms in total. The van der Waals surface area contributed by atoms with E-state index in [4.69, 9.17) is 4.74 Å². The number of likely N-dealkylation sites (tertiary alicyclic amines) is 1. The maximum absolute atomic E-state index is 13.2. The molecule has 1 aliphatic rings. The Morgan fingerprint density at radius 1 is 1.08 bits per heavy atom. The molecule has 5 rings (SSSR count). The van der Waals surface area contributed by atoms with Gasteiger partial charge in [0.25, 0.3) is 11.7 Å². The van der Waals surface area contributed by atoms with Crippen LogP contribution in [0.2, 0.25) is 0 Å². The number of H-pyrrole nitrogens is 1. The number of hydrogen-bond acceptors (Lipinski definition) is 5. The van der Waals surface area contributed by atoms with Gasteiger partial charge in [-0.2, -0.15) is 0 Å². The van der Waals surface area contributed by atoms with Gasteiger partial charge in [-0.15, -0.1) is 0 Å². The molecule has 1 atom stereocenters. The van der Waals surface area contributed by atoms with E-state index in [9.17, 15) is 19.8 Å². The minimum atomic E-state index is -0.847. The lowest BCUT2D eigenvalue weighted by Gasteiger charge is -2.25. The Morgan fingerprint density at radius 3 is 2.58 bits per heavy atom. The average molecular weight is 547 g/mol. The van der Waals surface area contributed by atoms with Crippen molar-refractivity contribution in [2.24, 2.45) is 0 Å². The number of nitrogens with zero attached hydrogens (tertiary/aromatic N) is 1. The number of fused-ring (bicyclic) bond motifs is 1. The number of aromatic amines is 1. The van der Waals surface area contributed by atoms with E-state index in [-0.39, 0.29) is 23.6 Å². The van der Waals surface area contributed by atoms with E-state index in [0.29, 0.717) is 17.5 Å². The van der Waals surface area contributed by atoms with Crippen LogP contribution >= 0.6 is 15.9 Å². The van der Waals surface area contributed by atoms with E-state index >= 15 is 0 Å². The average Bonchev–Trinajstić information content (AvgIpc) is 3.40. The quantitative estimate of drug-likeness (QED) is 0.173. The van der Waals surface area contributed by atoms with Crippen LogP contribution < -0.4 is 4.74 Å². The number of benzene rings is 3. The van der Waals surface area contributed by atoms with Crippen molar-refractivity contribution in [1.82, 2.24) is 9.88 Å². The molecule has 0 aliphatic carbocycles. The number of aromatic nitrogens is 1. The summed E-state index contributed by atoms with van der Waals surface area (Å²) in [5.41, 5.74) is 2.85. The maximum Gasteiger partial charge on any atom is 0.295 e. The highest BCUT2D eigenvalue weighted by Gasteiger charge is 2.46. The fourth-order valence-electron chi connectivity index (χ4n) is 4.65. The first kappa shape index (κ1) is 23.7. The van der Waals surface area contributed by atoms with Gasteiger partial charge in [0.1, 0.15) is 17.3 Å². The molecule has 3 N–H and O–H groups in total. The number of aliphatic hydroxyl groups is 1. The minimum Gasteiger partial charge on any atom is -0.508 e. The van der Waals surface area contributed by atoms with Crippen LogP contribution in [0.4, 0.5) is 0 Å².